The summed E-state index contributed by atoms with van der Waals surface area (Å²) in [6.45, 7) is 0. The number of methoxy groups -OCH3 is 1. The van der Waals surface area contributed by atoms with Gasteiger partial charge in [-0.2, -0.15) is 0 Å². The molecule has 0 fully saturated rings. The first-order valence-electron chi connectivity index (χ1n) is 4.20. The summed E-state index contributed by atoms with van der Waals surface area (Å²) < 4.78 is 17.6. The molecule has 1 aromatic rings. The van der Waals surface area contributed by atoms with E-state index in [1.54, 1.807) is 12.1 Å². The maximum atomic E-state index is 12.6. The van der Waals surface area contributed by atoms with Gasteiger partial charge in [0.05, 0.1) is 12.5 Å². The summed E-state index contributed by atoms with van der Waals surface area (Å²) in [4.78, 5) is 10.7. The number of benzene rings is 1. The highest BCUT2D eigenvalue weighted by molar-refractivity contribution is 5.74. The monoisotopic (exact) mass is 197 g/mol. The van der Waals surface area contributed by atoms with Crippen molar-refractivity contribution in [3.05, 3.63) is 35.6 Å². The van der Waals surface area contributed by atoms with Gasteiger partial charge in [-0.3, -0.25) is 4.79 Å². The third-order valence-electron chi connectivity index (χ3n) is 1.91. The van der Waals surface area contributed by atoms with Crippen molar-refractivity contribution in [2.45, 2.75) is 12.5 Å². The van der Waals surface area contributed by atoms with Gasteiger partial charge in [-0.25, -0.2) is 4.39 Å². The van der Waals surface area contributed by atoms with Crippen LogP contribution in [0.4, 0.5) is 4.39 Å². The van der Waals surface area contributed by atoms with E-state index in [1.807, 2.05) is 0 Å². The Labute approximate surface area is 81.7 Å². The van der Waals surface area contributed by atoms with E-state index in [1.165, 1.54) is 19.2 Å². The molecule has 2 N–H and O–H groups in total. The second-order valence-electron chi connectivity index (χ2n) is 2.95. The zero-order valence-electron chi connectivity index (χ0n) is 7.87. The van der Waals surface area contributed by atoms with Gasteiger partial charge in [-0.05, 0) is 17.7 Å². The first-order chi connectivity index (χ1) is 6.63. The summed E-state index contributed by atoms with van der Waals surface area (Å²) in [5.74, 6) is -0.760. The molecule has 4 heteroatoms. The van der Waals surface area contributed by atoms with Crippen LogP contribution < -0.4 is 5.73 Å². The molecule has 0 bridgehead atoms. The molecule has 0 aliphatic carbocycles. The molecule has 3 nitrogen and oxygen atoms in total. The minimum absolute atomic E-state index is 0.0993. The minimum Gasteiger partial charge on any atom is -0.376 e. The van der Waals surface area contributed by atoms with Crippen LogP contribution in [0.2, 0.25) is 0 Å². The van der Waals surface area contributed by atoms with Gasteiger partial charge in [-0.1, -0.05) is 12.1 Å². The molecular weight excluding hydrogens is 185 g/mol. The summed E-state index contributed by atoms with van der Waals surface area (Å²) in [5, 5.41) is 0. The molecule has 0 radical (unpaired) electrons. The summed E-state index contributed by atoms with van der Waals surface area (Å²) in [6, 6.07) is 5.80. The molecule has 0 aliphatic heterocycles. The lowest BCUT2D eigenvalue weighted by Gasteiger charge is -2.13. The van der Waals surface area contributed by atoms with Crippen LogP contribution in [-0.4, -0.2) is 13.0 Å². The molecule has 1 unspecified atom stereocenters. The number of hydrogen-bond donors (Lipinski definition) is 1. The van der Waals surface area contributed by atoms with Crippen LogP contribution in [0.15, 0.2) is 24.3 Å². The second kappa shape index (κ2) is 4.72. The Morgan fingerprint density at radius 1 is 1.50 bits per heavy atom. The quantitative estimate of drug-likeness (QED) is 0.792. The molecule has 1 aromatic carbocycles. The summed E-state index contributed by atoms with van der Waals surface area (Å²) in [7, 11) is 1.48. The van der Waals surface area contributed by atoms with Crippen LogP contribution in [0.1, 0.15) is 18.1 Å². The average Bonchev–Trinajstić information content (AvgIpc) is 2.15. The van der Waals surface area contributed by atoms with Crippen LogP contribution in [0, 0.1) is 5.82 Å². The van der Waals surface area contributed by atoms with Crippen LogP contribution in [0.5, 0.6) is 0 Å². The predicted octanol–water partition coefficient (Wildman–Crippen LogP) is 1.39. The van der Waals surface area contributed by atoms with Gasteiger partial charge >= 0.3 is 0 Å². The van der Waals surface area contributed by atoms with E-state index in [2.05, 4.69) is 0 Å². The van der Waals surface area contributed by atoms with Gasteiger partial charge < -0.3 is 10.5 Å². The molecule has 14 heavy (non-hydrogen) atoms. The van der Waals surface area contributed by atoms with Crippen LogP contribution in [0.25, 0.3) is 0 Å². The van der Waals surface area contributed by atoms with Crippen molar-refractivity contribution in [3.63, 3.8) is 0 Å². The molecule has 0 saturated heterocycles. The number of hydrogen-bond acceptors (Lipinski definition) is 2. The van der Waals surface area contributed by atoms with Crippen LogP contribution >= 0.6 is 0 Å². The molecule has 1 amide bonds. The number of ether oxygens (including phenoxy) is 1. The number of amides is 1. The van der Waals surface area contributed by atoms with Gasteiger partial charge in [0.1, 0.15) is 5.82 Å². The largest absolute Gasteiger partial charge is 0.376 e. The fourth-order valence-electron chi connectivity index (χ4n) is 1.20. The maximum Gasteiger partial charge on any atom is 0.220 e. The number of carbonyl (C=O) groups is 1. The van der Waals surface area contributed by atoms with Crippen molar-refractivity contribution in [2.75, 3.05) is 7.11 Å². The lowest BCUT2D eigenvalue weighted by Crippen LogP contribution is -2.16. The molecule has 0 aliphatic rings. The van der Waals surface area contributed by atoms with E-state index in [4.69, 9.17) is 10.5 Å². The fourth-order valence-corrected chi connectivity index (χ4v) is 1.20. The number of nitrogens with two attached hydrogens (primary N) is 1. The Hall–Kier alpha value is -1.42. The lowest BCUT2D eigenvalue weighted by atomic mass is 10.1. The normalized spacial score (nSPS) is 12.4. The second-order valence-corrected chi connectivity index (χ2v) is 2.95. The standard InChI is InChI=1S/C10H12FNO2/c1-14-9(6-10(12)13)7-2-4-8(11)5-3-7/h2-5,9H,6H2,1H3,(H2,12,13). The van der Waals surface area contributed by atoms with Gasteiger partial charge in [0.2, 0.25) is 5.91 Å². The Morgan fingerprint density at radius 2 is 2.07 bits per heavy atom. The van der Waals surface area contributed by atoms with Crippen molar-refractivity contribution in [1.82, 2.24) is 0 Å². The summed E-state index contributed by atoms with van der Waals surface area (Å²) >= 11 is 0. The van der Waals surface area contributed by atoms with Gasteiger partial charge in [0, 0.05) is 7.11 Å². The van der Waals surface area contributed by atoms with Crippen LogP contribution in [-0.2, 0) is 9.53 Å². The third kappa shape index (κ3) is 2.81. The highest BCUT2D eigenvalue weighted by Crippen LogP contribution is 2.19. The Balaban J connectivity index is 2.78. The van der Waals surface area contributed by atoms with E-state index < -0.39 is 12.0 Å². The predicted molar refractivity (Wildman–Crippen MR) is 50.0 cm³/mol. The molecule has 76 valence electrons. The van der Waals surface area contributed by atoms with E-state index in [0.29, 0.717) is 0 Å². The Morgan fingerprint density at radius 3 is 2.50 bits per heavy atom. The number of carbonyl (C=O) groups excluding carboxylic acids is 1. The van der Waals surface area contributed by atoms with Crippen molar-refractivity contribution >= 4 is 5.91 Å². The highest BCUT2D eigenvalue weighted by Gasteiger charge is 2.12. The molecule has 0 aromatic heterocycles. The minimum atomic E-state index is -0.443. The molecule has 1 atom stereocenters. The molecule has 0 spiro atoms. The van der Waals surface area contributed by atoms with E-state index in [9.17, 15) is 9.18 Å². The summed E-state index contributed by atoms with van der Waals surface area (Å²) in [6.07, 6.45) is -0.296. The molecule has 1 rings (SSSR count). The number of primary amides is 1. The van der Waals surface area contributed by atoms with Gasteiger partial charge in [0.15, 0.2) is 0 Å². The van der Waals surface area contributed by atoms with Gasteiger partial charge in [0.25, 0.3) is 0 Å². The topological polar surface area (TPSA) is 52.3 Å². The van der Waals surface area contributed by atoms with Crippen molar-refractivity contribution in [1.29, 1.82) is 0 Å². The number of halogens is 1. The molecule has 0 heterocycles. The third-order valence-corrected chi connectivity index (χ3v) is 1.91. The van der Waals surface area contributed by atoms with Gasteiger partial charge in [-0.15, -0.1) is 0 Å². The van der Waals surface area contributed by atoms with Crippen molar-refractivity contribution < 1.29 is 13.9 Å². The first-order valence-corrected chi connectivity index (χ1v) is 4.20. The lowest BCUT2D eigenvalue weighted by molar-refractivity contribution is -0.120. The van der Waals surface area contributed by atoms with Crippen molar-refractivity contribution in [3.8, 4) is 0 Å². The Bertz CT molecular complexity index is 310. The van der Waals surface area contributed by atoms with Crippen LogP contribution in [0.3, 0.4) is 0 Å². The zero-order valence-corrected chi connectivity index (χ0v) is 7.87. The highest BCUT2D eigenvalue weighted by atomic mass is 19.1. The fraction of sp³-hybridized carbons (Fsp3) is 0.300. The number of rotatable bonds is 4. The van der Waals surface area contributed by atoms with E-state index in [0.717, 1.165) is 5.56 Å². The summed E-state index contributed by atoms with van der Waals surface area (Å²) in [5.41, 5.74) is 5.79. The smallest absolute Gasteiger partial charge is 0.220 e. The van der Waals surface area contributed by atoms with E-state index >= 15 is 0 Å². The zero-order chi connectivity index (χ0) is 10.6. The first kappa shape index (κ1) is 10.7. The Kier molecular flexibility index (Phi) is 3.59. The molecule has 0 saturated carbocycles. The average molecular weight is 197 g/mol. The SMILES string of the molecule is COC(CC(N)=O)c1ccc(F)cc1. The van der Waals surface area contributed by atoms with E-state index in [-0.39, 0.29) is 12.2 Å². The molecular formula is C10H12FNO2. The van der Waals surface area contributed by atoms with Crippen molar-refractivity contribution in [2.24, 2.45) is 5.73 Å². The maximum absolute atomic E-state index is 12.6.